The van der Waals surface area contributed by atoms with Gasteiger partial charge in [0.05, 0.1) is 6.04 Å². The molecule has 0 aliphatic heterocycles. The van der Waals surface area contributed by atoms with Crippen LogP contribution in [0.15, 0.2) is 30.6 Å². The van der Waals surface area contributed by atoms with Gasteiger partial charge in [0.2, 0.25) is 5.91 Å². The van der Waals surface area contributed by atoms with Gasteiger partial charge in [-0.15, -0.1) is 0 Å². The Labute approximate surface area is 129 Å². The van der Waals surface area contributed by atoms with Crippen molar-refractivity contribution in [1.82, 2.24) is 20.1 Å². The van der Waals surface area contributed by atoms with Crippen LogP contribution in [0, 0.1) is 5.82 Å². The minimum atomic E-state index is -0.279. The molecule has 1 amide bonds. The number of hydrogen-bond donors (Lipinski definition) is 1. The van der Waals surface area contributed by atoms with E-state index in [1.54, 1.807) is 10.7 Å². The van der Waals surface area contributed by atoms with E-state index in [1.807, 2.05) is 13.0 Å². The second kappa shape index (κ2) is 7.68. The Bertz CT molecular complexity index is 626. The van der Waals surface area contributed by atoms with Crippen molar-refractivity contribution < 1.29 is 9.18 Å². The van der Waals surface area contributed by atoms with E-state index in [2.05, 4.69) is 22.3 Å². The molecule has 0 saturated heterocycles. The van der Waals surface area contributed by atoms with E-state index in [9.17, 15) is 9.18 Å². The summed E-state index contributed by atoms with van der Waals surface area (Å²) in [5.41, 5.74) is 0.817. The first kappa shape index (κ1) is 16.1. The van der Waals surface area contributed by atoms with Gasteiger partial charge in [-0.2, -0.15) is 5.10 Å². The molecule has 0 unspecified atom stereocenters. The van der Waals surface area contributed by atoms with Crippen LogP contribution < -0.4 is 5.32 Å². The highest BCUT2D eigenvalue weighted by Gasteiger charge is 2.15. The molecule has 0 radical (unpaired) electrons. The summed E-state index contributed by atoms with van der Waals surface area (Å²) in [6.07, 6.45) is 3.28. The van der Waals surface area contributed by atoms with E-state index in [1.165, 1.54) is 18.5 Å². The SMILES string of the molecule is CCCn1ncnc1[C@H](C)NC(=O)CCc1cccc(F)c1. The number of nitrogens with one attached hydrogen (secondary N) is 1. The topological polar surface area (TPSA) is 59.8 Å². The number of aryl methyl sites for hydroxylation is 2. The summed E-state index contributed by atoms with van der Waals surface area (Å²) >= 11 is 0. The Hall–Kier alpha value is -2.24. The standard InChI is InChI=1S/C16H21FN4O/c1-3-9-21-16(18-11-19-21)12(2)20-15(22)8-7-13-5-4-6-14(17)10-13/h4-6,10-12H,3,7-9H2,1-2H3,(H,20,22)/t12-/m0/s1. The van der Waals surface area contributed by atoms with Gasteiger partial charge in [-0.05, 0) is 37.5 Å². The van der Waals surface area contributed by atoms with Crippen molar-refractivity contribution >= 4 is 5.91 Å². The number of nitrogens with zero attached hydrogens (tertiary/aromatic N) is 3. The maximum absolute atomic E-state index is 13.1. The Morgan fingerprint density at radius 2 is 2.27 bits per heavy atom. The molecule has 2 aromatic rings. The largest absolute Gasteiger partial charge is 0.346 e. The molecule has 1 heterocycles. The first-order chi connectivity index (χ1) is 10.6. The van der Waals surface area contributed by atoms with Crippen molar-refractivity contribution in [2.45, 2.75) is 45.7 Å². The lowest BCUT2D eigenvalue weighted by atomic mass is 10.1. The lowest BCUT2D eigenvalue weighted by Crippen LogP contribution is -2.29. The van der Waals surface area contributed by atoms with Crippen molar-refractivity contribution in [1.29, 1.82) is 0 Å². The molecule has 0 spiro atoms. The molecule has 1 atom stereocenters. The van der Waals surface area contributed by atoms with Crippen LogP contribution in [0.1, 0.15) is 44.1 Å². The predicted octanol–water partition coefficient (Wildman–Crippen LogP) is 2.64. The van der Waals surface area contributed by atoms with Crippen LogP contribution in [0.3, 0.4) is 0 Å². The Balaban J connectivity index is 1.87. The van der Waals surface area contributed by atoms with Crippen molar-refractivity contribution in [2.75, 3.05) is 0 Å². The maximum Gasteiger partial charge on any atom is 0.220 e. The fourth-order valence-corrected chi connectivity index (χ4v) is 2.32. The maximum atomic E-state index is 13.1. The molecule has 1 aromatic heterocycles. The Morgan fingerprint density at radius 1 is 1.45 bits per heavy atom. The van der Waals surface area contributed by atoms with Crippen molar-refractivity contribution in [2.24, 2.45) is 0 Å². The Morgan fingerprint density at radius 3 is 3.00 bits per heavy atom. The number of amides is 1. The molecular formula is C16H21FN4O. The summed E-state index contributed by atoms with van der Waals surface area (Å²) in [4.78, 5) is 16.2. The third-order valence-electron chi connectivity index (χ3n) is 3.38. The van der Waals surface area contributed by atoms with Gasteiger partial charge in [0.15, 0.2) is 0 Å². The first-order valence-corrected chi connectivity index (χ1v) is 7.51. The van der Waals surface area contributed by atoms with E-state index in [-0.39, 0.29) is 17.8 Å². The summed E-state index contributed by atoms with van der Waals surface area (Å²) in [7, 11) is 0. The fraction of sp³-hybridized carbons (Fsp3) is 0.438. The van der Waals surface area contributed by atoms with E-state index in [0.29, 0.717) is 12.8 Å². The zero-order valence-electron chi connectivity index (χ0n) is 12.9. The van der Waals surface area contributed by atoms with E-state index in [4.69, 9.17) is 0 Å². The van der Waals surface area contributed by atoms with Crippen LogP contribution in [0.5, 0.6) is 0 Å². The monoisotopic (exact) mass is 304 g/mol. The first-order valence-electron chi connectivity index (χ1n) is 7.51. The van der Waals surface area contributed by atoms with Crippen molar-refractivity contribution in [3.05, 3.63) is 47.8 Å². The zero-order chi connectivity index (χ0) is 15.9. The fourth-order valence-electron chi connectivity index (χ4n) is 2.32. The molecule has 22 heavy (non-hydrogen) atoms. The van der Waals surface area contributed by atoms with Gasteiger partial charge >= 0.3 is 0 Å². The van der Waals surface area contributed by atoms with Crippen LogP contribution in [-0.4, -0.2) is 20.7 Å². The van der Waals surface area contributed by atoms with Crippen LogP contribution in [0.25, 0.3) is 0 Å². The van der Waals surface area contributed by atoms with Crippen LogP contribution in [-0.2, 0) is 17.8 Å². The molecule has 118 valence electrons. The molecule has 0 aliphatic rings. The highest BCUT2D eigenvalue weighted by molar-refractivity contribution is 5.76. The molecule has 1 N–H and O–H groups in total. The van der Waals surface area contributed by atoms with Gasteiger partial charge in [-0.25, -0.2) is 14.1 Å². The van der Waals surface area contributed by atoms with E-state index >= 15 is 0 Å². The molecular weight excluding hydrogens is 283 g/mol. The summed E-state index contributed by atoms with van der Waals surface area (Å²) in [5, 5.41) is 7.06. The molecule has 0 fully saturated rings. The van der Waals surface area contributed by atoms with Gasteiger partial charge < -0.3 is 5.32 Å². The van der Waals surface area contributed by atoms with Gasteiger partial charge in [0.25, 0.3) is 0 Å². The number of halogens is 1. The number of carbonyl (C=O) groups excluding carboxylic acids is 1. The van der Waals surface area contributed by atoms with Crippen molar-refractivity contribution in [3.8, 4) is 0 Å². The average molecular weight is 304 g/mol. The minimum absolute atomic E-state index is 0.0807. The van der Waals surface area contributed by atoms with Gasteiger partial charge in [-0.1, -0.05) is 19.1 Å². The number of carbonyl (C=O) groups is 1. The number of hydrogen-bond acceptors (Lipinski definition) is 3. The summed E-state index contributed by atoms with van der Waals surface area (Å²) in [6.45, 7) is 4.72. The highest BCUT2D eigenvalue weighted by atomic mass is 19.1. The summed E-state index contributed by atoms with van der Waals surface area (Å²) in [5.74, 6) is 0.391. The third-order valence-corrected chi connectivity index (χ3v) is 3.38. The molecule has 2 rings (SSSR count). The van der Waals surface area contributed by atoms with Gasteiger partial charge in [-0.3, -0.25) is 4.79 Å². The predicted molar refractivity (Wildman–Crippen MR) is 81.6 cm³/mol. The smallest absolute Gasteiger partial charge is 0.220 e. The third kappa shape index (κ3) is 4.38. The number of aromatic nitrogens is 3. The molecule has 5 nitrogen and oxygen atoms in total. The molecule has 0 aliphatic carbocycles. The molecule has 1 aromatic carbocycles. The van der Waals surface area contributed by atoms with Crippen molar-refractivity contribution in [3.63, 3.8) is 0 Å². The number of rotatable bonds is 7. The van der Waals surface area contributed by atoms with E-state index < -0.39 is 0 Å². The minimum Gasteiger partial charge on any atom is -0.346 e. The molecule has 0 bridgehead atoms. The molecule has 6 heteroatoms. The average Bonchev–Trinajstić information content (AvgIpc) is 2.94. The second-order valence-electron chi connectivity index (χ2n) is 5.26. The summed E-state index contributed by atoms with van der Waals surface area (Å²) < 4.78 is 14.9. The quantitative estimate of drug-likeness (QED) is 0.855. The number of benzene rings is 1. The van der Waals surface area contributed by atoms with E-state index in [0.717, 1.165) is 24.4 Å². The van der Waals surface area contributed by atoms with Crippen LogP contribution in [0.2, 0.25) is 0 Å². The summed E-state index contributed by atoms with van der Waals surface area (Å²) in [6, 6.07) is 6.12. The second-order valence-corrected chi connectivity index (χ2v) is 5.26. The Kier molecular flexibility index (Phi) is 5.63. The van der Waals surface area contributed by atoms with Crippen LogP contribution in [0.4, 0.5) is 4.39 Å². The zero-order valence-corrected chi connectivity index (χ0v) is 12.9. The van der Waals surface area contributed by atoms with Gasteiger partial charge in [0, 0.05) is 13.0 Å². The lowest BCUT2D eigenvalue weighted by Gasteiger charge is -2.14. The highest BCUT2D eigenvalue weighted by Crippen LogP contribution is 2.10. The van der Waals surface area contributed by atoms with Gasteiger partial charge in [0.1, 0.15) is 18.0 Å². The van der Waals surface area contributed by atoms with Crippen LogP contribution >= 0.6 is 0 Å². The molecule has 0 saturated carbocycles. The lowest BCUT2D eigenvalue weighted by molar-refractivity contribution is -0.121. The normalized spacial score (nSPS) is 12.1.